The molecule has 0 radical (unpaired) electrons. The summed E-state index contributed by atoms with van der Waals surface area (Å²) in [4.78, 5) is 134. The van der Waals surface area contributed by atoms with Crippen molar-refractivity contribution in [2.24, 2.45) is 46.1 Å². The van der Waals surface area contributed by atoms with Gasteiger partial charge in [-0.3, -0.25) is 43.2 Å². The van der Waals surface area contributed by atoms with Crippen LogP contribution in [-0.2, 0) is 54.4 Å². The van der Waals surface area contributed by atoms with Gasteiger partial charge in [0.15, 0.2) is 6.04 Å². The van der Waals surface area contributed by atoms with Crippen molar-refractivity contribution in [1.29, 1.82) is 0 Å². The predicted octanol–water partition coefficient (Wildman–Crippen LogP) is -8.49. The number of aliphatic hydroxyl groups excluding tert-OH is 2. The third-order valence-corrected chi connectivity index (χ3v) is 11.4. The third-order valence-electron chi connectivity index (χ3n) is 11.4. The molecule has 0 aliphatic carbocycles. The lowest BCUT2D eigenvalue weighted by atomic mass is 10.00. The fourth-order valence-electron chi connectivity index (χ4n) is 7.25. The summed E-state index contributed by atoms with van der Waals surface area (Å²) < 4.78 is 0. The minimum atomic E-state index is -1.71. The van der Waals surface area contributed by atoms with Crippen molar-refractivity contribution in [3.8, 4) is 0 Å². The van der Waals surface area contributed by atoms with Gasteiger partial charge in [0.1, 0.15) is 48.3 Å². The second-order valence-corrected chi connectivity index (χ2v) is 18.3. The highest BCUT2D eigenvalue weighted by Gasteiger charge is 2.36. The van der Waals surface area contributed by atoms with Crippen LogP contribution in [0.4, 0.5) is 0 Å². The molecule has 0 aromatic heterocycles. The first-order valence-corrected chi connectivity index (χ1v) is 24.7. The molecule has 29 nitrogen and oxygen atoms in total. The molecule has 0 fully saturated rings. The summed E-state index contributed by atoms with van der Waals surface area (Å²) in [5, 5.41) is 51.7. The molecule has 0 spiro atoms. The van der Waals surface area contributed by atoms with Gasteiger partial charge in [-0.05, 0) is 96.6 Å². The quantitative estimate of drug-likeness (QED) is 0.0297. The smallest absolute Gasteiger partial charge is 0.328 e. The number of nitrogens with one attached hydrogen (secondary N) is 9. The maximum Gasteiger partial charge on any atom is 0.328 e. The first-order valence-electron chi connectivity index (χ1n) is 24.7. The van der Waals surface area contributed by atoms with Crippen LogP contribution in [-0.4, -0.2) is 186 Å². The molecule has 29 heteroatoms. The van der Waals surface area contributed by atoms with Gasteiger partial charge in [-0.2, -0.15) is 0 Å². The second kappa shape index (κ2) is 34.9. The van der Waals surface area contributed by atoms with E-state index < -0.39 is 138 Å². The number of carboxylic acids is 1. The van der Waals surface area contributed by atoms with E-state index in [1.165, 1.54) is 6.92 Å². The molecule has 75 heavy (non-hydrogen) atoms. The monoisotopic (exact) mass is 1070 g/mol. The zero-order chi connectivity index (χ0) is 56.9. The number of carbonyl (C=O) groups is 10. The van der Waals surface area contributed by atoms with Crippen molar-refractivity contribution in [2.45, 2.75) is 145 Å². The maximum absolute atomic E-state index is 14.2. The first-order chi connectivity index (χ1) is 35.4. The summed E-state index contributed by atoms with van der Waals surface area (Å²) in [5.41, 5.74) is 40.8. The molecule has 424 valence electrons. The van der Waals surface area contributed by atoms with Crippen molar-refractivity contribution in [3.63, 3.8) is 0 Å². The van der Waals surface area contributed by atoms with E-state index in [0.717, 1.165) is 6.92 Å². The van der Waals surface area contributed by atoms with Gasteiger partial charge in [0.25, 0.3) is 0 Å². The van der Waals surface area contributed by atoms with Gasteiger partial charge >= 0.3 is 5.97 Å². The number of amides is 9. The van der Waals surface area contributed by atoms with Gasteiger partial charge < -0.3 is 103 Å². The zero-order valence-electron chi connectivity index (χ0n) is 43.1. The summed E-state index contributed by atoms with van der Waals surface area (Å²) in [6.45, 7) is 4.89. The molecular formula is C46H82N16O13. The molecule has 0 bridgehead atoms. The number of hydrogen-bond donors (Lipinski definition) is 19. The van der Waals surface area contributed by atoms with Crippen LogP contribution in [0.15, 0.2) is 30.3 Å². The highest BCUT2D eigenvalue weighted by molar-refractivity contribution is 5.98. The van der Waals surface area contributed by atoms with Gasteiger partial charge in [-0.25, -0.2) is 4.79 Å². The Morgan fingerprint density at radius 2 is 0.760 bits per heavy atom. The Bertz CT molecular complexity index is 2020. The van der Waals surface area contributed by atoms with E-state index in [4.69, 9.17) is 40.1 Å². The van der Waals surface area contributed by atoms with E-state index in [1.54, 1.807) is 44.2 Å². The number of carbonyl (C=O) groups excluding carboxylic acids is 9. The van der Waals surface area contributed by atoms with Gasteiger partial charge in [0, 0.05) is 13.0 Å². The Kier molecular flexibility index (Phi) is 31.0. The number of aliphatic carboxylic acids is 1. The van der Waals surface area contributed by atoms with Crippen LogP contribution in [0.1, 0.15) is 71.8 Å². The van der Waals surface area contributed by atoms with Crippen molar-refractivity contribution in [2.75, 3.05) is 39.3 Å². The van der Waals surface area contributed by atoms with E-state index in [1.807, 2.05) is 0 Å². The molecule has 0 saturated carbocycles. The molecule has 1 rings (SSSR count). The predicted molar refractivity (Wildman–Crippen MR) is 273 cm³/mol. The average Bonchev–Trinajstić information content (AvgIpc) is 3.34. The minimum Gasteiger partial charge on any atom is -0.480 e. The number of rotatable bonds is 36. The Morgan fingerprint density at radius 1 is 0.427 bits per heavy atom. The molecule has 12 atom stereocenters. The molecule has 0 aliphatic rings. The van der Waals surface area contributed by atoms with Crippen LogP contribution in [0.2, 0.25) is 0 Å². The van der Waals surface area contributed by atoms with Crippen LogP contribution < -0.4 is 88.0 Å². The van der Waals surface area contributed by atoms with Crippen molar-refractivity contribution < 1.29 is 63.3 Å². The lowest BCUT2D eigenvalue weighted by molar-refractivity contribution is -0.145. The summed E-state index contributed by atoms with van der Waals surface area (Å²) >= 11 is 0. The summed E-state index contributed by atoms with van der Waals surface area (Å²) in [5.74, 6) is -9.89. The number of benzene rings is 1. The van der Waals surface area contributed by atoms with Gasteiger partial charge in [-0.15, -0.1) is 0 Å². The first kappa shape index (κ1) is 66.6. The Hall–Kier alpha value is -6.44. The van der Waals surface area contributed by atoms with Crippen LogP contribution in [0.3, 0.4) is 0 Å². The average molecular weight is 1070 g/mol. The summed E-state index contributed by atoms with van der Waals surface area (Å²) in [6, 6.07) is -5.78. The molecule has 1 aromatic carbocycles. The highest BCUT2D eigenvalue weighted by Crippen LogP contribution is 2.10. The van der Waals surface area contributed by atoms with Gasteiger partial charge in [0.2, 0.25) is 53.2 Å². The van der Waals surface area contributed by atoms with Crippen LogP contribution >= 0.6 is 0 Å². The highest BCUT2D eigenvalue weighted by atomic mass is 16.4. The number of aliphatic hydroxyl groups is 2. The largest absolute Gasteiger partial charge is 0.480 e. The topological polar surface area (TPSA) is 522 Å². The summed E-state index contributed by atoms with van der Waals surface area (Å²) in [6.07, 6.45) is -3.64. The maximum atomic E-state index is 14.2. The van der Waals surface area contributed by atoms with E-state index >= 15 is 0 Å². The summed E-state index contributed by atoms with van der Waals surface area (Å²) in [7, 11) is 0. The van der Waals surface area contributed by atoms with E-state index in [2.05, 4.69) is 47.9 Å². The Labute approximate surface area is 435 Å². The molecular weight excluding hydrogens is 985 g/mol. The zero-order valence-corrected chi connectivity index (χ0v) is 43.1. The Morgan fingerprint density at radius 3 is 1.15 bits per heavy atom. The molecule has 0 aliphatic heterocycles. The molecule has 0 saturated heterocycles. The lowest BCUT2D eigenvalue weighted by Gasteiger charge is -2.28. The van der Waals surface area contributed by atoms with Crippen molar-refractivity contribution in [3.05, 3.63) is 35.9 Å². The van der Waals surface area contributed by atoms with Crippen LogP contribution in [0, 0.1) is 5.92 Å². The van der Waals surface area contributed by atoms with Gasteiger partial charge in [0.05, 0.1) is 18.2 Å². The normalized spacial score (nSPS) is 16.0. The fourth-order valence-corrected chi connectivity index (χ4v) is 7.25. The molecule has 26 N–H and O–H groups in total. The fraction of sp³-hybridized carbons (Fsp3) is 0.652. The minimum absolute atomic E-state index is 0.0157. The number of hydrogen-bond acceptors (Lipinski definition) is 19. The van der Waals surface area contributed by atoms with Crippen molar-refractivity contribution in [1.82, 2.24) is 47.9 Å². The van der Waals surface area contributed by atoms with Crippen LogP contribution in [0.25, 0.3) is 0 Å². The van der Waals surface area contributed by atoms with Crippen LogP contribution in [0.5, 0.6) is 0 Å². The number of carboxylic acid groups (broad SMARTS) is 1. The molecule has 0 unspecified atom stereocenters. The van der Waals surface area contributed by atoms with Gasteiger partial charge in [-0.1, -0.05) is 44.2 Å². The SMILES string of the molecule is CC(C)C[C@H](NC(=O)[C@@H](Cc1ccccc1)NC(=O)[C@H](CN)NC(=O)[C@H](CCN)NC(=O)[C@H](CCN)NC(=O)[C@@H](NC(=O)[C@@H](N)CCN)[C@@H](C)O)C(=O)N[C@@H](CCN)C(=O)N[C@@H](CCN)C(=O)N[C@H](C(=O)O)[C@@H](C)O. The lowest BCUT2D eigenvalue weighted by Crippen LogP contribution is -2.62. The molecule has 1 aromatic rings. The van der Waals surface area contributed by atoms with E-state index in [9.17, 15) is 63.3 Å². The Balaban J connectivity index is 3.39. The second-order valence-electron chi connectivity index (χ2n) is 18.3. The van der Waals surface area contributed by atoms with Crippen molar-refractivity contribution >= 4 is 59.1 Å². The molecule has 9 amide bonds. The third kappa shape index (κ3) is 23.8. The standard InChI is InChI=1S/C46H82N16O13/c1-23(2)20-32(42(70)56-28(11-16-48)38(66)55-31(14-19-51)41(69)62-36(25(4)64)46(74)75)58-43(71)33(21-26-8-6-5-7-9-26)59-44(72)34(22-52)60-40(68)29(12-17-49)54-39(67)30(13-18-50)57-45(73)35(24(3)63)61-37(65)27(53)10-15-47/h5-9,23-25,27-36,63-64H,10-22,47-53H2,1-4H3,(H,54,67)(H,55,66)(H,56,70)(H,57,73)(H,58,71)(H,59,72)(H,60,68)(H,61,65)(H,62,69)(H,74,75)/t24-,25-,27+,28+,29+,30+,31+,32+,33-,34+,35+,36+/m1/s1. The number of nitrogens with two attached hydrogens (primary N) is 7. The molecule has 0 heterocycles. The van der Waals surface area contributed by atoms with E-state index in [0.29, 0.717) is 5.56 Å². The van der Waals surface area contributed by atoms with E-state index in [-0.39, 0.29) is 83.6 Å².